The van der Waals surface area contributed by atoms with Crippen molar-refractivity contribution < 1.29 is 14.7 Å². The minimum atomic E-state index is -0.965. The van der Waals surface area contributed by atoms with Crippen LogP contribution in [0.3, 0.4) is 0 Å². The van der Waals surface area contributed by atoms with E-state index in [-0.39, 0.29) is 17.2 Å². The molecule has 0 radical (unpaired) electrons. The van der Waals surface area contributed by atoms with Crippen LogP contribution in [0.25, 0.3) is 0 Å². The Morgan fingerprint density at radius 1 is 1.35 bits per heavy atom. The van der Waals surface area contributed by atoms with Gasteiger partial charge < -0.3 is 10.0 Å². The number of aromatic amines is 1. The first-order chi connectivity index (χ1) is 9.66. The molecule has 2 heterocycles. The van der Waals surface area contributed by atoms with Crippen LogP contribution >= 0.6 is 0 Å². The van der Waals surface area contributed by atoms with Crippen molar-refractivity contribution in [3.8, 4) is 0 Å². The highest BCUT2D eigenvalue weighted by Gasteiger charge is 2.25. The summed E-state index contributed by atoms with van der Waals surface area (Å²) in [5.74, 6) is -1.20. The third-order valence-corrected chi connectivity index (χ3v) is 3.32. The molecule has 3 rings (SSSR count). The Bertz CT molecular complexity index is 666. The van der Waals surface area contributed by atoms with Gasteiger partial charge in [0, 0.05) is 12.2 Å². The molecule has 0 unspecified atom stereocenters. The number of amides is 1. The monoisotopic (exact) mass is 272 g/mol. The van der Waals surface area contributed by atoms with E-state index in [9.17, 15) is 9.59 Å². The van der Waals surface area contributed by atoms with Gasteiger partial charge in [0.05, 0.1) is 11.8 Å². The van der Waals surface area contributed by atoms with Gasteiger partial charge in [0.25, 0.3) is 5.91 Å². The lowest BCUT2D eigenvalue weighted by molar-refractivity contribution is 0.0696. The van der Waals surface area contributed by atoms with Gasteiger partial charge in [-0.1, -0.05) is 0 Å². The molecule has 1 amide bonds. The minimum Gasteiger partial charge on any atom is -0.478 e. The number of fused-ring (bicyclic) bond motifs is 1. The van der Waals surface area contributed by atoms with Crippen LogP contribution in [0, 0.1) is 0 Å². The van der Waals surface area contributed by atoms with E-state index in [2.05, 4.69) is 15.4 Å². The van der Waals surface area contributed by atoms with Crippen molar-refractivity contribution in [3.63, 3.8) is 0 Å². The molecule has 0 fully saturated rings. The fraction of sp³-hybridized carbons (Fsp3) is 0.231. The molecule has 1 aromatic heterocycles. The summed E-state index contributed by atoms with van der Waals surface area (Å²) in [5, 5.41) is 18.8. The number of carboxylic acids is 1. The van der Waals surface area contributed by atoms with Crippen molar-refractivity contribution >= 4 is 17.6 Å². The number of hydrogen-bond acceptors (Lipinski definition) is 4. The van der Waals surface area contributed by atoms with E-state index in [0.717, 1.165) is 24.1 Å². The molecule has 2 N–H and O–H groups in total. The number of benzene rings is 1. The number of carbonyl (C=O) groups excluding carboxylic acids is 1. The van der Waals surface area contributed by atoms with Crippen LogP contribution in [0.2, 0.25) is 0 Å². The Morgan fingerprint density at radius 2 is 2.20 bits per heavy atom. The van der Waals surface area contributed by atoms with Gasteiger partial charge in [-0.3, -0.25) is 4.79 Å². The molecule has 0 saturated heterocycles. The number of nitrogens with one attached hydrogen (secondary N) is 1. The van der Waals surface area contributed by atoms with Crippen LogP contribution < -0.4 is 4.90 Å². The lowest BCUT2D eigenvalue weighted by atomic mass is 9.99. The second-order valence-electron chi connectivity index (χ2n) is 4.56. The maximum absolute atomic E-state index is 12.3. The third kappa shape index (κ3) is 2.03. The second-order valence-corrected chi connectivity index (χ2v) is 4.56. The van der Waals surface area contributed by atoms with Gasteiger partial charge in [-0.2, -0.15) is 15.4 Å². The molecule has 0 atom stereocenters. The number of aromatic carboxylic acids is 1. The summed E-state index contributed by atoms with van der Waals surface area (Å²) >= 11 is 0. The highest BCUT2D eigenvalue weighted by atomic mass is 16.4. The Hall–Kier alpha value is -2.70. The van der Waals surface area contributed by atoms with Gasteiger partial charge in [-0.25, -0.2) is 4.79 Å². The molecule has 2 aromatic rings. The number of carbonyl (C=O) groups is 2. The molecule has 0 spiro atoms. The van der Waals surface area contributed by atoms with Crippen LogP contribution in [0.4, 0.5) is 5.69 Å². The number of nitrogens with zero attached hydrogens (tertiary/aromatic N) is 3. The molecule has 1 aliphatic heterocycles. The minimum absolute atomic E-state index is 0.234. The quantitative estimate of drug-likeness (QED) is 0.852. The summed E-state index contributed by atoms with van der Waals surface area (Å²) in [6.45, 7) is 0.588. The van der Waals surface area contributed by atoms with Crippen LogP contribution in [-0.2, 0) is 6.42 Å². The predicted octanol–water partition coefficient (Wildman–Crippen LogP) is 1.10. The summed E-state index contributed by atoms with van der Waals surface area (Å²) < 4.78 is 0. The van der Waals surface area contributed by atoms with Crippen molar-refractivity contribution in [1.29, 1.82) is 0 Å². The molecule has 1 aliphatic rings. The van der Waals surface area contributed by atoms with Crippen LogP contribution in [0.1, 0.15) is 32.8 Å². The predicted molar refractivity (Wildman–Crippen MR) is 69.8 cm³/mol. The summed E-state index contributed by atoms with van der Waals surface area (Å²) in [6.07, 6.45) is 2.93. The van der Waals surface area contributed by atoms with Crippen molar-refractivity contribution in [2.75, 3.05) is 11.4 Å². The van der Waals surface area contributed by atoms with Crippen LogP contribution in [0.15, 0.2) is 24.4 Å². The van der Waals surface area contributed by atoms with Crippen molar-refractivity contribution in [3.05, 3.63) is 41.2 Å². The number of H-pyrrole nitrogens is 1. The summed E-state index contributed by atoms with van der Waals surface area (Å²) in [5.41, 5.74) is 2.10. The van der Waals surface area contributed by atoms with E-state index in [1.807, 2.05) is 0 Å². The maximum atomic E-state index is 12.3. The van der Waals surface area contributed by atoms with Gasteiger partial charge in [-0.15, -0.1) is 0 Å². The van der Waals surface area contributed by atoms with Crippen LogP contribution in [-0.4, -0.2) is 38.9 Å². The van der Waals surface area contributed by atoms with Gasteiger partial charge >= 0.3 is 5.97 Å². The lowest BCUT2D eigenvalue weighted by Crippen LogP contribution is -2.35. The zero-order valence-corrected chi connectivity index (χ0v) is 10.5. The molecule has 20 heavy (non-hydrogen) atoms. The largest absolute Gasteiger partial charge is 0.478 e. The van der Waals surface area contributed by atoms with Crippen molar-refractivity contribution in [1.82, 2.24) is 15.4 Å². The standard InChI is InChI=1S/C13H12N4O3/c18-12(10-7-14-16-15-10)17-5-1-2-8-6-9(13(19)20)3-4-11(8)17/h3-4,6-7H,1-2,5H2,(H,19,20)(H,14,15,16). The van der Waals surface area contributed by atoms with Crippen molar-refractivity contribution in [2.45, 2.75) is 12.8 Å². The fourth-order valence-corrected chi connectivity index (χ4v) is 2.38. The highest BCUT2D eigenvalue weighted by molar-refractivity contribution is 6.05. The summed E-state index contributed by atoms with van der Waals surface area (Å²) in [6, 6.07) is 4.81. The first-order valence-corrected chi connectivity index (χ1v) is 6.20. The van der Waals surface area contributed by atoms with E-state index in [0.29, 0.717) is 6.54 Å². The normalized spacial score (nSPS) is 13.9. The zero-order chi connectivity index (χ0) is 14.1. The number of aryl methyl sites for hydroxylation is 1. The van der Waals surface area contributed by atoms with E-state index in [1.165, 1.54) is 12.3 Å². The molecule has 0 bridgehead atoms. The maximum Gasteiger partial charge on any atom is 0.335 e. The smallest absolute Gasteiger partial charge is 0.335 e. The van der Waals surface area contributed by atoms with E-state index < -0.39 is 5.97 Å². The number of rotatable bonds is 2. The molecule has 7 nitrogen and oxygen atoms in total. The molecule has 1 aromatic carbocycles. The zero-order valence-electron chi connectivity index (χ0n) is 10.5. The van der Waals surface area contributed by atoms with Gasteiger partial charge in [0.1, 0.15) is 0 Å². The molecular weight excluding hydrogens is 260 g/mol. The van der Waals surface area contributed by atoms with Crippen LogP contribution in [0.5, 0.6) is 0 Å². The number of hydrogen-bond donors (Lipinski definition) is 2. The number of aromatic nitrogens is 3. The Kier molecular flexibility index (Phi) is 2.94. The number of carboxylic acid groups (broad SMARTS) is 1. The third-order valence-electron chi connectivity index (χ3n) is 3.32. The summed E-state index contributed by atoms with van der Waals surface area (Å²) in [7, 11) is 0. The topological polar surface area (TPSA) is 99.2 Å². The first kappa shape index (κ1) is 12.3. The number of anilines is 1. The lowest BCUT2D eigenvalue weighted by Gasteiger charge is -2.29. The molecule has 0 saturated carbocycles. The van der Waals surface area contributed by atoms with Gasteiger partial charge in [0.2, 0.25) is 0 Å². The Balaban J connectivity index is 1.98. The average molecular weight is 272 g/mol. The highest BCUT2D eigenvalue weighted by Crippen LogP contribution is 2.29. The second kappa shape index (κ2) is 4.76. The van der Waals surface area contributed by atoms with E-state index in [4.69, 9.17) is 5.11 Å². The molecule has 0 aliphatic carbocycles. The molecular formula is C13H12N4O3. The molecule has 102 valence electrons. The van der Waals surface area contributed by atoms with Gasteiger partial charge in [-0.05, 0) is 36.6 Å². The van der Waals surface area contributed by atoms with E-state index in [1.54, 1.807) is 17.0 Å². The van der Waals surface area contributed by atoms with E-state index >= 15 is 0 Å². The van der Waals surface area contributed by atoms with Crippen molar-refractivity contribution in [2.24, 2.45) is 0 Å². The Labute approximate surface area is 114 Å². The fourth-order valence-electron chi connectivity index (χ4n) is 2.38. The van der Waals surface area contributed by atoms with Gasteiger partial charge in [0.15, 0.2) is 5.69 Å². The SMILES string of the molecule is O=C(O)c1ccc2c(c1)CCCN2C(=O)c1cn[nH]n1. The Morgan fingerprint density at radius 3 is 2.90 bits per heavy atom. The summed E-state index contributed by atoms with van der Waals surface area (Å²) in [4.78, 5) is 24.9. The molecule has 7 heteroatoms. The average Bonchev–Trinajstić information content (AvgIpc) is 2.99. The first-order valence-electron chi connectivity index (χ1n) is 6.20.